The molecule has 0 saturated carbocycles. The first-order valence-corrected chi connectivity index (χ1v) is 4.83. The van der Waals surface area contributed by atoms with Gasteiger partial charge in [-0.2, -0.15) is 0 Å². The van der Waals surface area contributed by atoms with Crippen molar-refractivity contribution < 1.29 is 9.50 Å². The smallest absolute Gasteiger partial charge is 0.124 e. The molecule has 3 heteroatoms. The van der Waals surface area contributed by atoms with Crippen LogP contribution >= 0.6 is 15.9 Å². The minimum atomic E-state index is -0.341. The van der Waals surface area contributed by atoms with E-state index in [9.17, 15) is 4.39 Å². The number of aliphatic hydroxyl groups excluding tert-OH is 1. The first kappa shape index (κ1) is 10.7. The van der Waals surface area contributed by atoms with Gasteiger partial charge in [0.15, 0.2) is 0 Å². The minimum Gasteiger partial charge on any atom is -0.395 e. The molecular weight excluding hydrogens is 235 g/mol. The van der Waals surface area contributed by atoms with Gasteiger partial charge in [-0.1, -0.05) is 35.8 Å². The highest BCUT2D eigenvalue weighted by Crippen LogP contribution is 2.29. The van der Waals surface area contributed by atoms with Gasteiger partial charge in [-0.25, -0.2) is 4.39 Å². The summed E-state index contributed by atoms with van der Waals surface area (Å²) < 4.78 is 13.4. The molecule has 0 aliphatic heterocycles. The van der Waals surface area contributed by atoms with Crippen molar-refractivity contribution in [2.45, 2.75) is 19.3 Å². The lowest BCUT2D eigenvalue weighted by molar-refractivity contribution is 0.218. The fourth-order valence-corrected chi connectivity index (χ4v) is 2.01. The zero-order valence-electron chi connectivity index (χ0n) is 7.64. The zero-order valence-corrected chi connectivity index (χ0v) is 9.23. The van der Waals surface area contributed by atoms with Crippen LogP contribution in [0.4, 0.5) is 4.39 Å². The predicted molar refractivity (Wildman–Crippen MR) is 54.2 cm³/mol. The average molecular weight is 247 g/mol. The maximum atomic E-state index is 12.7. The summed E-state index contributed by atoms with van der Waals surface area (Å²) in [5.74, 6) is -0.274. The Kier molecular flexibility index (Phi) is 3.09. The maximum Gasteiger partial charge on any atom is 0.124 e. The number of rotatable bonds is 2. The Labute approximate surface area is 85.7 Å². The SMILES string of the molecule is CC(C)(CO)c1ccc(F)cc1Br. The minimum absolute atomic E-state index is 0.0389. The van der Waals surface area contributed by atoms with Crippen LogP contribution in [-0.4, -0.2) is 11.7 Å². The van der Waals surface area contributed by atoms with Gasteiger partial charge in [-0.05, 0) is 17.7 Å². The molecule has 72 valence electrons. The van der Waals surface area contributed by atoms with E-state index in [1.165, 1.54) is 12.1 Å². The number of halogens is 2. The largest absolute Gasteiger partial charge is 0.395 e. The highest BCUT2D eigenvalue weighted by molar-refractivity contribution is 9.10. The van der Waals surface area contributed by atoms with Crippen LogP contribution in [0, 0.1) is 5.82 Å². The first-order valence-electron chi connectivity index (χ1n) is 4.04. The molecule has 0 amide bonds. The summed E-state index contributed by atoms with van der Waals surface area (Å²) >= 11 is 3.27. The zero-order chi connectivity index (χ0) is 10.1. The van der Waals surface area contributed by atoms with Gasteiger partial charge < -0.3 is 5.11 Å². The summed E-state index contributed by atoms with van der Waals surface area (Å²) in [6.45, 7) is 3.85. The number of hydrogen-bond acceptors (Lipinski definition) is 1. The highest BCUT2D eigenvalue weighted by Gasteiger charge is 2.21. The molecule has 0 radical (unpaired) electrons. The Morgan fingerprint density at radius 1 is 1.46 bits per heavy atom. The second kappa shape index (κ2) is 3.76. The van der Waals surface area contributed by atoms with Crippen molar-refractivity contribution in [2.75, 3.05) is 6.61 Å². The van der Waals surface area contributed by atoms with E-state index in [2.05, 4.69) is 15.9 Å². The third-order valence-corrected chi connectivity index (χ3v) is 2.71. The summed E-state index contributed by atoms with van der Waals surface area (Å²) in [6.07, 6.45) is 0. The fourth-order valence-electron chi connectivity index (χ4n) is 1.12. The molecule has 0 aromatic heterocycles. The summed E-state index contributed by atoms with van der Waals surface area (Å²) in [4.78, 5) is 0. The van der Waals surface area contributed by atoms with E-state index in [4.69, 9.17) is 5.11 Å². The molecule has 0 aliphatic carbocycles. The number of benzene rings is 1. The van der Waals surface area contributed by atoms with Gasteiger partial charge in [0.2, 0.25) is 0 Å². The monoisotopic (exact) mass is 246 g/mol. The molecule has 1 aromatic carbocycles. The molecule has 1 rings (SSSR count). The van der Waals surface area contributed by atoms with Crippen LogP contribution in [0.1, 0.15) is 19.4 Å². The molecule has 0 atom stereocenters. The molecule has 1 aromatic rings. The summed E-state index contributed by atoms with van der Waals surface area (Å²) in [6, 6.07) is 4.50. The van der Waals surface area contributed by atoms with Gasteiger partial charge in [-0.15, -0.1) is 0 Å². The molecule has 0 heterocycles. The van der Waals surface area contributed by atoms with E-state index >= 15 is 0 Å². The van der Waals surface area contributed by atoms with Crippen LogP contribution in [0.15, 0.2) is 22.7 Å². The van der Waals surface area contributed by atoms with Gasteiger partial charge >= 0.3 is 0 Å². The Hall–Kier alpha value is -0.410. The molecule has 0 spiro atoms. The van der Waals surface area contributed by atoms with E-state index in [1.807, 2.05) is 13.8 Å². The lowest BCUT2D eigenvalue weighted by Gasteiger charge is -2.23. The van der Waals surface area contributed by atoms with E-state index in [1.54, 1.807) is 6.07 Å². The molecule has 0 fully saturated rings. The highest BCUT2D eigenvalue weighted by atomic mass is 79.9. The van der Waals surface area contributed by atoms with Crippen molar-refractivity contribution in [3.63, 3.8) is 0 Å². The van der Waals surface area contributed by atoms with Crippen LogP contribution in [0.2, 0.25) is 0 Å². The lowest BCUT2D eigenvalue weighted by Crippen LogP contribution is -2.22. The van der Waals surface area contributed by atoms with Crippen LogP contribution in [0.5, 0.6) is 0 Å². The van der Waals surface area contributed by atoms with E-state index < -0.39 is 0 Å². The molecule has 1 nitrogen and oxygen atoms in total. The van der Waals surface area contributed by atoms with E-state index in [0.717, 1.165) is 5.56 Å². The van der Waals surface area contributed by atoms with Crippen molar-refractivity contribution in [1.29, 1.82) is 0 Å². The number of hydrogen-bond donors (Lipinski definition) is 1. The number of aliphatic hydroxyl groups is 1. The van der Waals surface area contributed by atoms with E-state index in [0.29, 0.717) is 4.47 Å². The molecule has 0 unspecified atom stereocenters. The Morgan fingerprint density at radius 3 is 2.54 bits per heavy atom. The van der Waals surface area contributed by atoms with Crippen LogP contribution in [0.25, 0.3) is 0 Å². The molecule has 0 saturated heterocycles. The molecule has 0 aliphatic rings. The van der Waals surface area contributed by atoms with Crippen molar-refractivity contribution in [3.05, 3.63) is 34.1 Å². The standard InChI is InChI=1S/C10H12BrFO/c1-10(2,6-13)8-4-3-7(12)5-9(8)11/h3-5,13H,6H2,1-2H3. The van der Waals surface area contributed by atoms with Crippen molar-refractivity contribution in [1.82, 2.24) is 0 Å². The fraction of sp³-hybridized carbons (Fsp3) is 0.400. The average Bonchev–Trinajstić information content (AvgIpc) is 2.03. The van der Waals surface area contributed by atoms with Gasteiger partial charge in [0.25, 0.3) is 0 Å². The molecule has 13 heavy (non-hydrogen) atoms. The summed E-state index contributed by atoms with van der Waals surface area (Å²) in [5.41, 5.74) is 0.573. The normalized spacial score (nSPS) is 11.8. The third kappa shape index (κ3) is 2.29. The quantitative estimate of drug-likeness (QED) is 0.851. The molecule has 0 bridgehead atoms. The first-order chi connectivity index (χ1) is 5.97. The van der Waals surface area contributed by atoms with Crippen LogP contribution in [-0.2, 0) is 5.41 Å². The summed E-state index contributed by atoms with van der Waals surface area (Å²) in [7, 11) is 0. The summed E-state index contributed by atoms with van der Waals surface area (Å²) in [5, 5.41) is 9.13. The van der Waals surface area contributed by atoms with E-state index in [-0.39, 0.29) is 17.8 Å². The third-order valence-electron chi connectivity index (χ3n) is 2.06. The Morgan fingerprint density at radius 2 is 2.08 bits per heavy atom. The molecular formula is C10H12BrFO. The van der Waals surface area contributed by atoms with Gasteiger partial charge in [0.1, 0.15) is 5.82 Å². The topological polar surface area (TPSA) is 20.2 Å². The van der Waals surface area contributed by atoms with Crippen molar-refractivity contribution in [2.24, 2.45) is 0 Å². The van der Waals surface area contributed by atoms with Crippen LogP contribution < -0.4 is 0 Å². The Balaban J connectivity index is 3.16. The van der Waals surface area contributed by atoms with Crippen molar-refractivity contribution >= 4 is 15.9 Å². The van der Waals surface area contributed by atoms with Crippen molar-refractivity contribution in [3.8, 4) is 0 Å². The van der Waals surface area contributed by atoms with Gasteiger partial charge in [-0.3, -0.25) is 0 Å². The Bertz CT molecular complexity index is 310. The lowest BCUT2D eigenvalue weighted by atomic mass is 9.86. The van der Waals surface area contributed by atoms with Gasteiger partial charge in [0, 0.05) is 9.89 Å². The van der Waals surface area contributed by atoms with Crippen LogP contribution in [0.3, 0.4) is 0 Å². The second-order valence-corrected chi connectivity index (χ2v) is 4.52. The maximum absolute atomic E-state index is 12.7. The predicted octanol–water partition coefficient (Wildman–Crippen LogP) is 2.86. The van der Waals surface area contributed by atoms with Gasteiger partial charge in [0.05, 0.1) is 6.61 Å². The second-order valence-electron chi connectivity index (χ2n) is 3.67. The molecule has 1 N–H and O–H groups in total.